The summed E-state index contributed by atoms with van der Waals surface area (Å²) in [5.41, 5.74) is 0.589. The molecule has 20 heavy (non-hydrogen) atoms. The maximum absolute atomic E-state index is 13.3. The third-order valence-electron chi connectivity index (χ3n) is 3.87. The van der Waals surface area contributed by atoms with E-state index in [1.165, 1.54) is 31.4 Å². The molecule has 2 rings (SSSR count). The fourth-order valence-electron chi connectivity index (χ4n) is 2.79. The molecule has 1 aromatic carbocycles. The fourth-order valence-corrected chi connectivity index (χ4v) is 2.86. The molecule has 1 aliphatic carbocycles. The van der Waals surface area contributed by atoms with E-state index in [0.29, 0.717) is 17.2 Å². The lowest BCUT2D eigenvalue weighted by Gasteiger charge is -2.31. The Balaban J connectivity index is 2.19. The number of ether oxygens (including phenoxy) is 1. The first-order valence-electron chi connectivity index (χ1n) is 7.25. The van der Waals surface area contributed by atoms with Crippen molar-refractivity contribution in [2.45, 2.75) is 45.1 Å². The van der Waals surface area contributed by atoms with Crippen molar-refractivity contribution in [2.75, 3.05) is 5.88 Å². The highest BCUT2D eigenvalue weighted by Gasteiger charge is 2.25. The first-order chi connectivity index (χ1) is 9.74. The zero-order valence-electron chi connectivity index (χ0n) is 11.8. The summed E-state index contributed by atoms with van der Waals surface area (Å²) in [6.45, 7) is 2.20. The van der Waals surface area contributed by atoms with Crippen molar-refractivity contribution in [3.8, 4) is 17.6 Å². The quantitative estimate of drug-likeness (QED) is 0.577. The monoisotopic (exact) mass is 294 g/mol. The topological polar surface area (TPSA) is 9.23 Å². The van der Waals surface area contributed by atoms with Crippen LogP contribution in [-0.2, 0) is 0 Å². The van der Waals surface area contributed by atoms with Gasteiger partial charge in [0.1, 0.15) is 17.7 Å². The van der Waals surface area contributed by atoms with Crippen molar-refractivity contribution < 1.29 is 9.13 Å². The van der Waals surface area contributed by atoms with Gasteiger partial charge >= 0.3 is 0 Å². The van der Waals surface area contributed by atoms with Crippen molar-refractivity contribution in [3.05, 3.63) is 29.6 Å². The third-order valence-corrected chi connectivity index (χ3v) is 4.01. The molecule has 0 amide bonds. The Hall–Kier alpha value is -1.20. The van der Waals surface area contributed by atoms with E-state index >= 15 is 0 Å². The van der Waals surface area contributed by atoms with Crippen LogP contribution in [0.15, 0.2) is 18.2 Å². The summed E-state index contributed by atoms with van der Waals surface area (Å²) >= 11 is 5.57. The highest BCUT2D eigenvalue weighted by Crippen LogP contribution is 2.31. The Bertz CT molecular complexity index is 503. The van der Waals surface area contributed by atoms with Gasteiger partial charge in [0.25, 0.3) is 0 Å². The molecule has 108 valence electrons. The van der Waals surface area contributed by atoms with E-state index in [1.54, 1.807) is 6.07 Å². The van der Waals surface area contributed by atoms with Crippen molar-refractivity contribution in [3.63, 3.8) is 0 Å². The summed E-state index contributed by atoms with van der Waals surface area (Å²) in [7, 11) is 0. The smallest absolute Gasteiger partial charge is 0.135 e. The number of alkyl halides is 1. The second kappa shape index (κ2) is 7.55. The van der Waals surface area contributed by atoms with Crippen LogP contribution in [-0.4, -0.2) is 12.0 Å². The Morgan fingerprint density at radius 2 is 2.15 bits per heavy atom. The SMILES string of the molecule is CCC1CCCCC1Oc1ccc(F)cc1C#CCCl. The Labute approximate surface area is 125 Å². The molecule has 0 spiro atoms. The molecule has 0 aromatic heterocycles. The maximum atomic E-state index is 13.3. The Morgan fingerprint density at radius 3 is 2.90 bits per heavy atom. The van der Waals surface area contributed by atoms with Crippen LogP contribution in [0.4, 0.5) is 4.39 Å². The number of benzene rings is 1. The van der Waals surface area contributed by atoms with Crippen molar-refractivity contribution in [2.24, 2.45) is 5.92 Å². The summed E-state index contributed by atoms with van der Waals surface area (Å²) in [6.07, 6.45) is 6.10. The van der Waals surface area contributed by atoms with Gasteiger partial charge in [-0.25, -0.2) is 4.39 Å². The molecule has 0 radical (unpaired) electrons. The van der Waals surface area contributed by atoms with Gasteiger partial charge in [0.05, 0.1) is 11.4 Å². The van der Waals surface area contributed by atoms with Gasteiger partial charge in [0, 0.05) is 0 Å². The number of rotatable bonds is 3. The lowest BCUT2D eigenvalue weighted by molar-refractivity contribution is 0.0900. The van der Waals surface area contributed by atoms with Crippen molar-refractivity contribution >= 4 is 11.6 Å². The summed E-state index contributed by atoms with van der Waals surface area (Å²) in [4.78, 5) is 0. The van der Waals surface area contributed by atoms with Gasteiger partial charge < -0.3 is 4.74 Å². The van der Waals surface area contributed by atoms with Crippen molar-refractivity contribution in [1.82, 2.24) is 0 Å². The van der Waals surface area contributed by atoms with Crippen LogP contribution in [0, 0.1) is 23.6 Å². The normalized spacial score (nSPS) is 21.9. The average Bonchev–Trinajstić information content (AvgIpc) is 2.48. The number of hydrogen-bond donors (Lipinski definition) is 0. The minimum atomic E-state index is -0.299. The van der Waals surface area contributed by atoms with E-state index < -0.39 is 0 Å². The lowest BCUT2D eigenvalue weighted by Crippen LogP contribution is -2.30. The van der Waals surface area contributed by atoms with Gasteiger partial charge in [-0.3, -0.25) is 0 Å². The van der Waals surface area contributed by atoms with E-state index in [-0.39, 0.29) is 17.8 Å². The molecule has 1 aromatic rings. The zero-order chi connectivity index (χ0) is 14.4. The van der Waals surface area contributed by atoms with Crippen LogP contribution in [0.25, 0.3) is 0 Å². The van der Waals surface area contributed by atoms with E-state index in [2.05, 4.69) is 18.8 Å². The molecule has 2 unspecified atom stereocenters. The molecule has 0 bridgehead atoms. The summed E-state index contributed by atoms with van der Waals surface area (Å²) in [5, 5.41) is 0. The molecular formula is C17H20ClFO. The predicted molar refractivity (Wildman–Crippen MR) is 80.7 cm³/mol. The molecule has 0 N–H and O–H groups in total. The minimum Gasteiger partial charge on any atom is -0.489 e. The zero-order valence-corrected chi connectivity index (χ0v) is 12.5. The summed E-state index contributed by atoms with van der Waals surface area (Å²) < 4.78 is 19.5. The first-order valence-corrected chi connectivity index (χ1v) is 7.79. The van der Waals surface area contributed by atoms with E-state index in [0.717, 1.165) is 12.8 Å². The maximum Gasteiger partial charge on any atom is 0.135 e. The highest BCUT2D eigenvalue weighted by molar-refractivity contribution is 6.19. The van der Waals surface area contributed by atoms with E-state index in [9.17, 15) is 4.39 Å². The van der Waals surface area contributed by atoms with Crippen LogP contribution in [0.2, 0.25) is 0 Å². The van der Waals surface area contributed by atoms with E-state index in [4.69, 9.17) is 16.3 Å². The highest BCUT2D eigenvalue weighted by atomic mass is 35.5. The number of halogens is 2. The lowest BCUT2D eigenvalue weighted by atomic mass is 9.84. The summed E-state index contributed by atoms with van der Waals surface area (Å²) in [5.74, 6) is 6.84. The van der Waals surface area contributed by atoms with Crippen LogP contribution in [0.5, 0.6) is 5.75 Å². The largest absolute Gasteiger partial charge is 0.489 e. The van der Waals surface area contributed by atoms with Crippen LogP contribution in [0.3, 0.4) is 0 Å². The van der Waals surface area contributed by atoms with Crippen LogP contribution < -0.4 is 4.74 Å². The van der Waals surface area contributed by atoms with Crippen LogP contribution in [0.1, 0.15) is 44.6 Å². The predicted octanol–water partition coefficient (Wildman–Crippen LogP) is 4.76. The molecule has 2 atom stereocenters. The first kappa shape index (κ1) is 15.2. The Kier molecular flexibility index (Phi) is 5.73. The van der Waals surface area contributed by atoms with Gasteiger partial charge in [-0.15, -0.1) is 11.6 Å². The third kappa shape index (κ3) is 3.90. The van der Waals surface area contributed by atoms with Crippen molar-refractivity contribution in [1.29, 1.82) is 0 Å². The van der Waals surface area contributed by atoms with Gasteiger partial charge in [0.2, 0.25) is 0 Å². The van der Waals surface area contributed by atoms with Gasteiger partial charge in [-0.1, -0.05) is 25.2 Å². The fraction of sp³-hybridized carbons (Fsp3) is 0.529. The second-order valence-corrected chi connectivity index (χ2v) is 5.45. The molecule has 0 saturated heterocycles. The molecule has 3 heteroatoms. The molecule has 0 heterocycles. The molecule has 1 saturated carbocycles. The minimum absolute atomic E-state index is 0.218. The van der Waals surface area contributed by atoms with Gasteiger partial charge in [0.15, 0.2) is 0 Å². The molecule has 1 aliphatic rings. The molecule has 1 nitrogen and oxygen atoms in total. The standard InChI is InChI=1S/C17H20ClFO/c1-2-13-6-3-4-8-16(13)20-17-10-9-15(19)12-14(17)7-5-11-18/h9-10,12-13,16H,2-4,6,8,11H2,1H3. The molecule has 0 aliphatic heterocycles. The summed E-state index contributed by atoms with van der Waals surface area (Å²) in [6, 6.07) is 4.51. The van der Waals surface area contributed by atoms with E-state index in [1.807, 2.05) is 0 Å². The molecular weight excluding hydrogens is 275 g/mol. The van der Waals surface area contributed by atoms with Crippen LogP contribution >= 0.6 is 11.6 Å². The second-order valence-electron chi connectivity index (χ2n) is 5.18. The Morgan fingerprint density at radius 1 is 1.35 bits per heavy atom. The number of hydrogen-bond acceptors (Lipinski definition) is 1. The van der Waals surface area contributed by atoms with Gasteiger partial charge in [-0.05, 0) is 49.8 Å². The average molecular weight is 295 g/mol. The molecule has 1 fully saturated rings. The van der Waals surface area contributed by atoms with Gasteiger partial charge in [-0.2, -0.15) is 0 Å².